The molecule has 0 aliphatic rings. The summed E-state index contributed by atoms with van der Waals surface area (Å²) in [6.45, 7) is 1.98. The molecule has 15 heavy (non-hydrogen) atoms. The minimum Gasteiger partial charge on any atom is -0.453 e. The number of ether oxygens (including phenoxy) is 1. The van der Waals surface area contributed by atoms with Crippen molar-refractivity contribution in [3.8, 4) is 17.2 Å². The summed E-state index contributed by atoms with van der Waals surface area (Å²) in [6.07, 6.45) is 0. The molecule has 0 saturated heterocycles. The number of hydrogen-bond donors (Lipinski definition) is 0. The van der Waals surface area contributed by atoms with Crippen LogP contribution in [0.5, 0.6) is 17.2 Å². The monoisotopic (exact) mass is 199 g/mol. The van der Waals surface area contributed by atoms with Gasteiger partial charge in [0.05, 0.1) is 0 Å². The summed E-state index contributed by atoms with van der Waals surface area (Å²) in [4.78, 5) is 0. The van der Waals surface area contributed by atoms with Crippen molar-refractivity contribution < 1.29 is 9.84 Å². The minimum atomic E-state index is -0.0981. The molecule has 0 aliphatic heterocycles. The van der Waals surface area contributed by atoms with Gasteiger partial charge in [-0.2, -0.15) is 0 Å². The average molecular weight is 199 g/mol. The molecule has 0 heterocycles. The van der Waals surface area contributed by atoms with E-state index in [2.05, 4.69) is 0 Å². The highest BCUT2D eigenvalue weighted by molar-refractivity contribution is 5.41. The summed E-state index contributed by atoms with van der Waals surface area (Å²) in [5.74, 6) is 0.959. The first-order valence-electron chi connectivity index (χ1n) is 4.76. The molecule has 0 atom stereocenters. The number of hydrogen-bond acceptors (Lipinski definition) is 1. The molecule has 2 nitrogen and oxygen atoms in total. The van der Waals surface area contributed by atoms with Crippen LogP contribution in [0.25, 0.3) is 0 Å². The average Bonchev–Trinajstić information content (AvgIpc) is 2.22. The molecule has 0 fully saturated rings. The van der Waals surface area contributed by atoms with E-state index in [0.29, 0.717) is 11.5 Å². The maximum Gasteiger partial charge on any atom is 0.221 e. The molecule has 0 unspecified atom stereocenters. The van der Waals surface area contributed by atoms with Gasteiger partial charge >= 0.3 is 0 Å². The van der Waals surface area contributed by atoms with Crippen LogP contribution in [-0.4, -0.2) is 0 Å². The van der Waals surface area contributed by atoms with Crippen LogP contribution in [0.2, 0.25) is 0 Å². The molecule has 0 N–H and O–H groups in total. The van der Waals surface area contributed by atoms with Crippen molar-refractivity contribution in [3.05, 3.63) is 54.1 Å². The normalized spacial score (nSPS) is 9.93. The third-order valence-corrected chi connectivity index (χ3v) is 2.07. The maximum absolute atomic E-state index is 11.4. The van der Waals surface area contributed by atoms with E-state index in [0.717, 1.165) is 5.56 Å². The lowest BCUT2D eigenvalue weighted by molar-refractivity contribution is 0.329. The van der Waals surface area contributed by atoms with Gasteiger partial charge in [-0.15, -0.1) is 0 Å². The fraction of sp³-hybridized carbons (Fsp3) is 0.0769. The third-order valence-electron chi connectivity index (χ3n) is 2.07. The quantitative estimate of drug-likeness (QED) is 0.720. The van der Waals surface area contributed by atoms with Gasteiger partial charge in [-0.1, -0.05) is 24.3 Å². The number of aryl methyl sites for hydroxylation is 1. The van der Waals surface area contributed by atoms with E-state index in [9.17, 15) is 5.11 Å². The van der Waals surface area contributed by atoms with Gasteiger partial charge in [0.2, 0.25) is 5.75 Å². The van der Waals surface area contributed by atoms with Crippen molar-refractivity contribution in [1.82, 2.24) is 0 Å². The van der Waals surface area contributed by atoms with Crippen LogP contribution >= 0.6 is 0 Å². The molecule has 1 radical (unpaired) electrons. The minimum absolute atomic E-state index is 0.0981. The van der Waals surface area contributed by atoms with E-state index in [-0.39, 0.29) is 5.75 Å². The highest BCUT2D eigenvalue weighted by Gasteiger charge is 2.03. The van der Waals surface area contributed by atoms with Crippen LogP contribution in [0.3, 0.4) is 0 Å². The summed E-state index contributed by atoms with van der Waals surface area (Å²) in [6, 6.07) is 14.3. The summed E-state index contributed by atoms with van der Waals surface area (Å²) in [7, 11) is 0. The first-order chi connectivity index (χ1) is 7.25. The lowest BCUT2D eigenvalue weighted by atomic mass is 10.2. The molecule has 0 bridgehead atoms. The van der Waals surface area contributed by atoms with Crippen LogP contribution in [-0.2, 0) is 5.11 Å². The zero-order valence-electron chi connectivity index (χ0n) is 8.44. The number of para-hydroxylation sites is 2. The Hall–Kier alpha value is -1.96. The molecule has 0 aliphatic carbocycles. The molecular weight excluding hydrogens is 188 g/mol. The number of rotatable bonds is 2. The molecular formula is C13H11O2. The van der Waals surface area contributed by atoms with E-state index in [1.54, 1.807) is 18.2 Å². The van der Waals surface area contributed by atoms with E-state index in [1.165, 1.54) is 6.07 Å². The van der Waals surface area contributed by atoms with Crippen LogP contribution in [0.4, 0.5) is 0 Å². The largest absolute Gasteiger partial charge is 0.453 e. The maximum atomic E-state index is 11.4. The van der Waals surface area contributed by atoms with Crippen LogP contribution in [0.1, 0.15) is 5.56 Å². The topological polar surface area (TPSA) is 29.1 Å². The van der Waals surface area contributed by atoms with Crippen LogP contribution < -0.4 is 4.74 Å². The van der Waals surface area contributed by atoms with E-state index < -0.39 is 0 Å². The Morgan fingerprint density at radius 1 is 1.00 bits per heavy atom. The summed E-state index contributed by atoms with van der Waals surface area (Å²) >= 11 is 0. The Morgan fingerprint density at radius 2 is 1.80 bits per heavy atom. The molecule has 2 heteroatoms. The molecule has 0 saturated carbocycles. The van der Waals surface area contributed by atoms with Crippen LogP contribution in [0.15, 0.2) is 48.5 Å². The van der Waals surface area contributed by atoms with Crippen LogP contribution in [0, 0.1) is 6.92 Å². The predicted octanol–water partition coefficient (Wildman–Crippen LogP) is 3.93. The van der Waals surface area contributed by atoms with Crippen molar-refractivity contribution >= 4 is 0 Å². The summed E-state index contributed by atoms with van der Waals surface area (Å²) < 4.78 is 5.48. The molecule has 2 aromatic carbocycles. The Kier molecular flexibility index (Phi) is 2.59. The first-order valence-corrected chi connectivity index (χ1v) is 4.76. The van der Waals surface area contributed by atoms with Gasteiger partial charge in [-0.3, -0.25) is 5.11 Å². The highest BCUT2D eigenvalue weighted by atomic mass is 16.5. The summed E-state index contributed by atoms with van der Waals surface area (Å²) in [5, 5.41) is 11.4. The van der Waals surface area contributed by atoms with Gasteiger partial charge in [0.1, 0.15) is 5.75 Å². The fourth-order valence-electron chi connectivity index (χ4n) is 1.34. The highest BCUT2D eigenvalue weighted by Crippen LogP contribution is 2.30. The standard InChI is InChI=1S/C13H11O2/c1-10-5-4-6-11(9-10)15-13-8-3-2-7-12(13)14/h2-9H,1H3. The SMILES string of the molecule is Cc1cccc(Oc2ccccc2[O])c1. The Labute approximate surface area is 88.8 Å². The summed E-state index contributed by atoms with van der Waals surface area (Å²) in [5.41, 5.74) is 1.11. The first kappa shape index (κ1) is 9.59. The van der Waals surface area contributed by atoms with Crippen molar-refractivity contribution in [2.45, 2.75) is 6.92 Å². The molecule has 2 rings (SSSR count). The second-order valence-corrected chi connectivity index (χ2v) is 3.37. The molecule has 0 aromatic heterocycles. The Morgan fingerprint density at radius 3 is 2.53 bits per heavy atom. The van der Waals surface area contributed by atoms with Crippen molar-refractivity contribution in [2.75, 3.05) is 0 Å². The van der Waals surface area contributed by atoms with E-state index in [4.69, 9.17) is 4.74 Å². The van der Waals surface area contributed by atoms with Gasteiger partial charge in [0, 0.05) is 0 Å². The second kappa shape index (κ2) is 4.05. The molecule has 0 spiro atoms. The van der Waals surface area contributed by atoms with Crippen molar-refractivity contribution in [2.24, 2.45) is 0 Å². The second-order valence-electron chi connectivity index (χ2n) is 3.37. The Bertz CT molecular complexity index is 464. The van der Waals surface area contributed by atoms with Gasteiger partial charge in [0.25, 0.3) is 0 Å². The van der Waals surface area contributed by atoms with E-state index in [1.807, 2.05) is 31.2 Å². The van der Waals surface area contributed by atoms with Crippen molar-refractivity contribution in [3.63, 3.8) is 0 Å². The van der Waals surface area contributed by atoms with Gasteiger partial charge < -0.3 is 4.74 Å². The van der Waals surface area contributed by atoms with Gasteiger partial charge in [-0.05, 0) is 36.8 Å². The smallest absolute Gasteiger partial charge is 0.221 e. The van der Waals surface area contributed by atoms with Gasteiger partial charge in [0.15, 0.2) is 5.75 Å². The molecule has 2 aromatic rings. The lowest BCUT2D eigenvalue weighted by Crippen LogP contribution is -1.84. The fourth-order valence-corrected chi connectivity index (χ4v) is 1.34. The van der Waals surface area contributed by atoms with E-state index >= 15 is 0 Å². The predicted molar refractivity (Wildman–Crippen MR) is 57.8 cm³/mol. The zero-order valence-corrected chi connectivity index (χ0v) is 8.44. The molecule has 0 amide bonds. The third kappa shape index (κ3) is 2.29. The zero-order chi connectivity index (χ0) is 10.7. The Balaban J connectivity index is 2.26. The molecule has 75 valence electrons. The van der Waals surface area contributed by atoms with Crippen molar-refractivity contribution in [1.29, 1.82) is 0 Å². The van der Waals surface area contributed by atoms with Gasteiger partial charge in [-0.25, -0.2) is 0 Å². The lowest BCUT2D eigenvalue weighted by Gasteiger charge is -2.06. The number of benzene rings is 2.